The number of hydrogen-bond donors (Lipinski definition) is 1. The second-order valence-corrected chi connectivity index (χ2v) is 7.17. The number of hydrogen-bond acceptors (Lipinski definition) is 4. The maximum Gasteiger partial charge on any atom is 0.232 e. The van der Waals surface area contributed by atoms with Crippen LogP contribution in [-0.4, -0.2) is 22.3 Å². The molecule has 4 nitrogen and oxygen atoms in total. The average Bonchev–Trinajstić information content (AvgIpc) is 2.90. The van der Waals surface area contributed by atoms with Gasteiger partial charge in [-0.15, -0.1) is 34.5 Å². The highest BCUT2D eigenvalue weighted by Gasteiger charge is 2.56. The maximum atomic E-state index is 11.9. The fourth-order valence-corrected chi connectivity index (χ4v) is 3.15. The largest absolute Gasteiger partial charge is 0.497 e. The van der Waals surface area contributed by atoms with Crippen molar-refractivity contribution in [2.75, 3.05) is 12.4 Å². The van der Waals surface area contributed by atoms with Crippen molar-refractivity contribution in [3.8, 4) is 17.0 Å². The zero-order valence-electron chi connectivity index (χ0n) is 11.1. The number of benzene rings is 1. The van der Waals surface area contributed by atoms with E-state index in [1.54, 1.807) is 7.11 Å². The Morgan fingerprint density at radius 3 is 2.67 bits per heavy atom. The number of amides is 1. The molecule has 1 saturated carbocycles. The first kappa shape index (κ1) is 14.6. The van der Waals surface area contributed by atoms with Crippen LogP contribution in [0.1, 0.15) is 6.42 Å². The van der Waals surface area contributed by atoms with E-state index in [1.165, 1.54) is 11.3 Å². The third-order valence-corrected chi connectivity index (χ3v) is 4.86. The summed E-state index contributed by atoms with van der Waals surface area (Å²) in [6.45, 7) is 0. The van der Waals surface area contributed by atoms with Crippen LogP contribution in [0, 0.1) is 5.92 Å². The second-order valence-electron chi connectivity index (χ2n) is 4.77. The molecule has 1 aromatic heterocycles. The molecule has 1 fully saturated rings. The first-order valence-corrected chi connectivity index (χ1v) is 7.92. The van der Waals surface area contributed by atoms with Gasteiger partial charge >= 0.3 is 0 Å². The van der Waals surface area contributed by atoms with Crippen LogP contribution in [0.3, 0.4) is 0 Å². The molecule has 1 aromatic carbocycles. The van der Waals surface area contributed by atoms with Crippen molar-refractivity contribution < 1.29 is 9.53 Å². The summed E-state index contributed by atoms with van der Waals surface area (Å²) in [5.41, 5.74) is 1.76. The summed E-state index contributed by atoms with van der Waals surface area (Å²) in [5, 5.41) is 5.18. The van der Waals surface area contributed by atoms with E-state index in [0.717, 1.165) is 17.0 Å². The Bertz CT molecular complexity index is 670. The number of rotatable bonds is 4. The Morgan fingerprint density at radius 1 is 1.43 bits per heavy atom. The first-order chi connectivity index (χ1) is 9.99. The van der Waals surface area contributed by atoms with E-state index in [1.807, 2.05) is 29.6 Å². The third kappa shape index (κ3) is 3.15. The number of methoxy groups -OCH3 is 1. The van der Waals surface area contributed by atoms with Gasteiger partial charge in [-0.2, -0.15) is 0 Å². The van der Waals surface area contributed by atoms with Crippen LogP contribution < -0.4 is 10.1 Å². The molecule has 0 unspecified atom stereocenters. The van der Waals surface area contributed by atoms with Gasteiger partial charge in [-0.3, -0.25) is 4.79 Å². The smallest absolute Gasteiger partial charge is 0.232 e. The number of anilines is 1. The van der Waals surface area contributed by atoms with Crippen LogP contribution in [0.5, 0.6) is 5.75 Å². The van der Waals surface area contributed by atoms with Crippen LogP contribution in [0.15, 0.2) is 29.6 Å². The Hall–Kier alpha value is -1.30. The molecule has 1 aliphatic rings. The van der Waals surface area contributed by atoms with Gasteiger partial charge < -0.3 is 10.1 Å². The van der Waals surface area contributed by atoms with Gasteiger partial charge in [-0.05, 0) is 30.7 Å². The molecule has 1 atom stereocenters. The van der Waals surface area contributed by atoms with E-state index in [4.69, 9.17) is 27.9 Å². The Kier molecular flexibility index (Phi) is 3.82. The van der Waals surface area contributed by atoms with E-state index >= 15 is 0 Å². The van der Waals surface area contributed by atoms with E-state index in [9.17, 15) is 4.79 Å². The molecular weight excluding hydrogens is 331 g/mol. The van der Waals surface area contributed by atoms with Crippen LogP contribution >= 0.6 is 34.5 Å². The molecule has 3 rings (SSSR count). The minimum absolute atomic E-state index is 0.185. The number of ether oxygens (including phenoxy) is 1. The minimum Gasteiger partial charge on any atom is -0.497 e. The summed E-state index contributed by atoms with van der Waals surface area (Å²) in [4.78, 5) is 16.3. The van der Waals surface area contributed by atoms with Crippen LogP contribution in [0.2, 0.25) is 0 Å². The molecular formula is C14H12Cl2N2O2S. The second kappa shape index (κ2) is 5.48. The van der Waals surface area contributed by atoms with Crippen LogP contribution in [-0.2, 0) is 4.79 Å². The summed E-state index contributed by atoms with van der Waals surface area (Å²) in [6.07, 6.45) is 0.485. The van der Waals surface area contributed by atoms with Crippen molar-refractivity contribution >= 4 is 45.6 Å². The van der Waals surface area contributed by atoms with E-state index < -0.39 is 4.33 Å². The number of nitrogens with one attached hydrogen (secondary N) is 1. The molecule has 0 spiro atoms. The van der Waals surface area contributed by atoms with Crippen LogP contribution in [0.4, 0.5) is 5.13 Å². The standard InChI is InChI=1S/C14H12Cl2N2O2S/c1-20-9-4-2-8(3-5-9)11-7-21-13(17-11)18-12(19)10-6-14(10,15)16/h2-5,7,10H,6H2,1H3,(H,17,18,19)/t10-/m1/s1. The Morgan fingerprint density at radius 2 is 2.10 bits per heavy atom. The predicted molar refractivity (Wildman–Crippen MR) is 85.3 cm³/mol. The predicted octanol–water partition coefficient (Wildman–Crippen LogP) is 3.95. The number of aromatic nitrogens is 1. The highest BCUT2D eigenvalue weighted by Crippen LogP contribution is 2.53. The quantitative estimate of drug-likeness (QED) is 0.855. The minimum atomic E-state index is -0.917. The summed E-state index contributed by atoms with van der Waals surface area (Å²) >= 11 is 13.1. The number of carbonyl (C=O) groups is 1. The molecule has 110 valence electrons. The molecule has 1 N–H and O–H groups in total. The molecule has 1 heterocycles. The summed E-state index contributed by atoms with van der Waals surface area (Å²) < 4.78 is 4.20. The molecule has 1 amide bonds. The van der Waals surface area contributed by atoms with Crippen molar-refractivity contribution in [3.05, 3.63) is 29.6 Å². The van der Waals surface area contributed by atoms with Gasteiger partial charge in [0.25, 0.3) is 0 Å². The third-order valence-electron chi connectivity index (χ3n) is 3.26. The lowest BCUT2D eigenvalue weighted by Gasteiger charge is -2.01. The number of carbonyl (C=O) groups excluding carboxylic acids is 1. The maximum absolute atomic E-state index is 11.9. The number of nitrogens with zero attached hydrogens (tertiary/aromatic N) is 1. The van der Waals surface area contributed by atoms with Crippen molar-refractivity contribution in [2.45, 2.75) is 10.8 Å². The van der Waals surface area contributed by atoms with E-state index in [0.29, 0.717) is 11.6 Å². The fourth-order valence-electron chi connectivity index (χ4n) is 1.92. The fraction of sp³-hybridized carbons (Fsp3) is 0.286. The monoisotopic (exact) mass is 342 g/mol. The van der Waals surface area contributed by atoms with Gasteiger partial charge in [0.1, 0.15) is 10.1 Å². The highest BCUT2D eigenvalue weighted by atomic mass is 35.5. The van der Waals surface area contributed by atoms with E-state index in [-0.39, 0.29) is 11.8 Å². The number of alkyl halides is 2. The summed E-state index contributed by atoms with van der Waals surface area (Å²) in [6, 6.07) is 7.57. The molecule has 0 aliphatic heterocycles. The van der Waals surface area contributed by atoms with Gasteiger partial charge in [0.2, 0.25) is 5.91 Å². The average molecular weight is 343 g/mol. The lowest BCUT2D eigenvalue weighted by molar-refractivity contribution is -0.117. The summed E-state index contributed by atoms with van der Waals surface area (Å²) in [7, 11) is 1.62. The van der Waals surface area contributed by atoms with Gasteiger partial charge in [0.05, 0.1) is 18.7 Å². The van der Waals surface area contributed by atoms with Crippen molar-refractivity contribution in [3.63, 3.8) is 0 Å². The van der Waals surface area contributed by atoms with Gasteiger partial charge in [-0.1, -0.05) is 0 Å². The molecule has 2 aromatic rings. The molecule has 0 bridgehead atoms. The number of halogens is 2. The molecule has 0 radical (unpaired) electrons. The topological polar surface area (TPSA) is 51.2 Å². The van der Waals surface area contributed by atoms with Crippen LogP contribution in [0.25, 0.3) is 11.3 Å². The van der Waals surface area contributed by atoms with Crippen molar-refractivity contribution in [1.29, 1.82) is 0 Å². The van der Waals surface area contributed by atoms with Gasteiger partial charge in [0.15, 0.2) is 5.13 Å². The lowest BCUT2D eigenvalue weighted by atomic mass is 10.2. The Balaban J connectivity index is 1.69. The van der Waals surface area contributed by atoms with Crippen molar-refractivity contribution in [2.24, 2.45) is 5.92 Å². The molecule has 0 saturated heterocycles. The Labute approximate surface area is 136 Å². The van der Waals surface area contributed by atoms with E-state index in [2.05, 4.69) is 10.3 Å². The molecule has 1 aliphatic carbocycles. The van der Waals surface area contributed by atoms with Gasteiger partial charge in [0, 0.05) is 10.9 Å². The lowest BCUT2D eigenvalue weighted by Crippen LogP contribution is -2.16. The highest BCUT2D eigenvalue weighted by molar-refractivity contribution is 7.14. The number of thiazole rings is 1. The zero-order chi connectivity index (χ0) is 15.0. The summed E-state index contributed by atoms with van der Waals surface area (Å²) in [5.74, 6) is 0.251. The SMILES string of the molecule is COc1ccc(-c2csc(NC(=O)[C@H]3CC3(Cl)Cl)n2)cc1. The van der Waals surface area contributed by atoms with Gasteiger partial charge in [-0.25, -0.2) is 4.98 Å². The first-order valence-electron chi connectivity index (χ1n) is 6.28. The normalized spacial score (nSPS) is 19.1. The molecule has 21 heavy (non-hydrogen) atoms. The zero-order valence-corrected chi connectivity index (χ0v) is 13.4. The van der Waals surface area contributed by atoms with Crippen molar-refractivity contribution in [1.82, 2.24) is 4.98 Å². The molecule has 7 heteroatoms.